The topological polar surface area (TPSA) is 90.5 Å². The van der Waals surface area contributed by atoms with Crippen LogP contribution in [0.3, 0.4) is 0 Å². The Morgan fingerprint density at radius 2 is 1.86 bits per heavy atom. The molecule has 0 radical (unpaired) electrons. The van der Waals surface area contributed by atoms with Crippen LogP contribution in [0, 0.1) is 5.92 Å². The molecule has 154 valence electrons. The summed E-state index contributed by atoms with van der Waals surface area (Å²) >= 11 is 0. The van der Waals surface area contributed by atoms with Gasteiger partial charge in [-0.25, -0.2) is 0 Å². The van der Waals surface area contributed by atoms with Gasteiger partial charge in [-0.3, -0.25) is 18.6 Å². The van der Waals surface area contributed by atoms with Crippen LogP contribution in [0.2, 0.25) is 0 Å². The van der Waals surface area contributed by atoms with E-state index >= 15 is 0 Å². The second kappa shape index (κ2) is 8.89. The molecule has 2 aromatic heterocycles. The molecule has 8 heteroatoms. The van der Waals surface area contributed by atoms with Crippen LogP contribution in [-0.2, 0) is 11.2 Å². The monoisotopic (exact) mass is 397 g/mol. The van der Waals surface area contributed by atoms with Crippen molar-refractivity contribution in [2.24, 2.45) is 5.92 Å². The summed E-state index contributed by atoms with van der Waals surface area (Å²) in [4.78, 5) is 24.8. The first-order valence-corrected chi connectivity index (χ1v) is 9.87. The van der Waals surface area contributed by atoms with Crippen molar-refractivity contribution in [1.82, 2.24) is 24.5 Å². The number of rotatable bonds is 8. The molecule has 0 aliphatic heterocycles. The lowest BCUT2D eigenvalue weighted by Crippen LogP contribution is -2.31. The number of hydrogen-bond donors (Lipinski definition) is 1. The molecule has 0 aliphatic carbocycles. The summed E-state index contributed by atoms with van der Waals surface area (Å²) in [6.07, 6.45) is 4.44. The molecule has 1 amide bonds. The van der Waals surface area contributed by atoms with Crippen molar-refractivity contribution in [1.29, 1.82) is 0 Å². The van der Waals surface area contributed by atoms with Crippen molar-refractivity contribution < 1.29 is 9.53 Å². The number of ether oxygens (including phenoxy) is 1. The molecule has 0 bridgehead atoms. The molecule has 1 N–H and O–H groups in total. The van der Waals surface area contributed by atoms with Gasteiger partial charge in [-0.2, -0.15) is 0 Å². The van der Waals surface area contributed by atoms with Crippen LogP contribution in [0.15, 0.2) is 41.5 Å². The zero-order valence-electron chi connectivity index (χ0n) is 17.3. The average molecular weight is 397 g/mol. The fourth-order valence-corrected chi connectivity index (χ4v) is 3.23. The number of hydrogen-bond acceptors (Lipinski definition) is 5. The third-order valence-electron chi connectivity index (χ3n) is 4.48. The quantitative estimate of drug-likeness (QED) is 0.630. The second-order valence-corrected chi connectivity index (χ2v) is 7.45. The van der Waals surface area contributed by atoms with Gasteiger partial charge in [0.15, 0.2) is 0 Å². The number of benzene rings is 1. The molecule has 2 heterocycles. The Hall–Kier alpha value is -3.16. The van der Waals surface area contributed by atoms with E-state index in [1.165, 1.54) is 4.57 Å². The number of carbonyl (C=O) groups is 1. The Bertz CT molecular complexity index is 1040. The zero-order chi connectivity index (χ0) is 21.0. The highest BCUT2D eigenvalue weighted by Gasteiger charge is 2.16. The van der Waals surface area contributed by atoms with Crippen LogP contribution in [-0.4, -0.2) is 37.7 Å². The van der Waals surface area contributed by atoms with Crippen molar-refractivity contribution in [3.8, 4) is 11.4 Å². The third kappa shape index (κ3) is 4.82. The van der Waals surface area contributed by atoms with E-state index in [0.29, 0.717) is 25.3 Å². The van der Waals surface area contributed by atoms with E-state index in [1.807, 2.05) is 52.0 Å². The van der Waals surface area contributed by atoms with Gasteiger partial charge >= 0.3 is 5.56 Å². The lowest BCUT2D eigenvalue weighted by molar-refractivity contribution is -0.122. The number of nitrogens with zero attached hydrogens (tertiary/aromatic N) is 4. The van der Waals surface area contributed by atoms with Gasteiger partial charge in [-0.05, 0) is 51.0 Å². The predicted molar refractivity (Wildman–Crippen MR) is 111 cm³/mol. The van der Waals surface area contributed by atoms with E-state index in [2.05, 4.69) is 15.5 Å². The number of carbonyl (C=O) groups excluding carboxylic acids is 1. The van der Waals surface area contributed by atoms with Gasteiger partial charge in [-0.15, -0.1) is 10.2 Å². The van der Waals surface area contributed by atoms with E-state index < -0.39 is 0 Å². The second-order valence-electron chi connectivity index (χ2n) is 7.45. The summed E-state index contributed by atoms with van der Waals surface area (Å²) in [7, 11) is 0. The normalized spacial score (nSPS) is 12.3. The molecule has 0 aliphatic rings. The largest absolute Gasteiger partial charge is 0.494 e. The molecule has 0 saturated carbocycles. The predicted octanol–water partition coefficient (Wildman–Crippen LogP) is 2.37. The lowest BCUT2D eigenvalue weighted by Gasteiger charge is -2.13. The van der Waals surface area contributed by atoms with Crippen LogP contribution in [0.1, 0.15) is 39.9 Å². The Balaban J connectivity index is 1.80. The molecule has 3 rings (SSSR count). The van der Waals surface area contributed by atoms with Gasteiger partial charge in [-0.1, -0.05) is 6.92 Å². The van der Waals surface area contributed by atoms with Crippen molar-refractivity contribution in [2.45, 2.75) is 46.6 Å². The molecule has 8 nitrogen and oxygen atoms in total. The maximum Gasteiger partial charge on any atom is 0.300 e. The molecule has 0 saturated heterocycles. The van der Waals surface area contributed by atoms with Crippen LogP contribution in [0.5, 0.6) is 5.75 Å². The molecule has 1 aromatic carbocycles. The Kier molecular flexibility index (Phi) is 6.31. The molecule has 29 heavy (non-hydrogen) atoms. The van der Waals surface area contributed by atoms with E-state index in [4.69, 9.17) is 4.74 Å². The summed E-state index contributed by atoms with van der Waals surface area (Å²) in [6.45, 7) is 8.37. The minimum absolute atomic E-state index is 0.0131. The van der Waals surface area contributed by atoms with Gasteiger partial charge in [0.25, 0.3) is 0 Å². The zero-order valence-corrected chi connectivity index (χ0v) is 17.3. The summed E-state index contributed by atoms with van der Waals surface area (Å²) in [5, 5.41) is 11.2. The molecule has 3 aromatic rings. The van der Waals surface area contributed by atoms with E-state index in [9.17, 15) is 9.59 Å². The van der Waals surface area contributed by atoms with Crippen LogP contribution < -0.4 is 15.6 Å². The van der Waals surface area contributed by atoms with Crippen molar-refractivity contribution in [3.63, 3.8) is 0 Å². The lowest BCUT2D eigenvalue weighted by atomic mass is 10.0. The van der Waals surface area contributed by atoms with E-state index in [0.717, 1.165) is 11.4 Å². The smallest absolute Gasteiger partial charge is 0.300 e. The molecular weight excluding hydrogens is 370 g/mol. The summed E-state index contributed by atoms with van der Waals surface area (Å²) in [5.74, 6) is 1.51. The Morgan fingerprint density at radius 3 is 2.52 bits per heavy atom. The van der Waals surface area contributed by atoms with Crippen LogP contribution in [0.4, 0.5) is 0 Å². The number of fused-ring (bicyclic) bond motifs is 1. The number of aromatic nitrogens is 4. The Labute approximate surface area is 169 Å². The van der Waals surface area contributed by atoms with Crippen LogP contribution in [0.25, 0.3) is 11.3 Å². The first kappa shape index (κ1) is 20.6. The highest BCUT2D eigenvalue weighted by Crippen LogP contribution is 2.15. The standard InChI is InChI=1S/C21H27N5O3/c1-5-29-17-8-6-16(7-9-17)25-10-11-26-18(23-24-20(26)21(25)28)12-15(4)13-19(27)22-14(2)3/h6-11,14-15H,5,12-13H2,1-4H3,(H,22,27)/t15-/m0/s1. The van der Waals surface area contributed by atoms with E-state index in [-0.39, 0.29) is 29.1 Å². The van der Waals surface area contributed by atoms with Gasteiger partial charge in [0.2, 0.25) is 11.6 Å². The third-order valence-corrected chi connectivity index (χ3v) is 4.48. The first-order chi connectivity index (χ1) is 13.9. The van der Waals surface area contributed by atoms with Gasteiger partial charge in [0.1, 0.15) is 11.6 Å². The summed E-state index contributed by atoms with van der Waals surface area (Å²) in [6, 6.07) is 7.43. The SMILES string of the molecule is CCOc1ccc(-n2ccn3c(C[C@H](C)CC(=O)NC(C)C)nnc3c2=O)cc1. The summed E-state index contributed by atoms with van der Waals surface area (Å²) < 4.78 is 8.67. The average Bonchev–Trinajstić information content (AvgIpc) is 3.06. The highest BCUT2D eigenvalue weighted by atomic mass is 16.5. The minimum Gasteiger partial charge on any atom is -0.494 e. The number of amides is 1. The fourth-order valence-electron chi connectivity index (χ4n) is 3.23. The number of nitrogens with one attached hydrogen (secondary N) is 1. The molecule has 0 unspecified atom stereocenters. The minimum atomic E-state index is -0.249. The molecule has 0 fully saturated rings. The van der Waals surface area contributed by atoms with Crippen molar-refractivity contribution in [3.05, 3.63) is 52.8 Å². The maximum absolute atomic E-state index is 12.9. The fraction of sp³-hybridized carbons (Fsp3) is 0.429. The van der Waals surface area contributed by atoms with Crippen molar-refractivity contribution in [2.75, 3.05) is 6.61 Å². The summed E-state index contributed by atoms with van der Waals surface area (Å²) in [5.41, 5.74) is 0.736. The van der Waals surface area contributed by atoms with Crippen LogP contribution >= 0.6 is 0 Å². The Morgan fingerprint density at radius 1 is 1.14 bits per heavy atom. The van der Waals surface area contributed by atoms with Gasteiger partial charge in [0, 0.05) is 37.0 Å². The van der Waals surface area contributed by atoms with Gasteiger partial charge in [0.05, 0.1) is 6.61 Å². The molecule has 1 atom stereocenters. The van der Waals surface area contributed by atoms with E-state index in [1.54, 1.807) is 16.8 Å². The first-order valence-electron chi connectivity index (χ1n) is 9.87. The highest BCUT2D eigenvalue weighted by molar-refractivity contribution is 5.76. The van der Waals surface area contributed by atoms with Crippen molar-refractivity contribution >= 4 is 11.6 Å². The molecule has 0 spiro atoms. The maximum atomic E-state index is 12.9. The van der Waals surface area contributed by atoms with Gasteiger partial charge < -0.3 is 10.1 Å². The molecular formula is C21H27N5O3.